The summed E-state index contributed by atoms with van der Waals surface area (Å²) in [6.07, 6.45) is 1.49. The zero-order valence-corrected chi connectivity index (χ0v) is 19.3. The number of amides is 3. The average molecular weight is 471 g/mol. The van der Waals surface area contributed by atoms with Crippen LogP contribution in [-0.4, -0.2) is 79.7 Å². The van der Waals surface area contributed by atoms with Crippen LogP contribution in [0.15, 0.2) is 24.3 Å². The zero-order valence-electron chi connectivity index (χ0n) is 19.3. The number of hydrogen-bond acceptors (Lipinski definition) is 7. The first kappa shape index (κ1) is 22.7. The van der Waals surface area contributed by atoms with Gasteiger partial charge in [0.1, 0.15) is 23.8 Å². The topological polar surface area (TPSA) is 139 Å². The summed E-state index contributed by atoms with van der Waals surface area (Å²) < 4.78 is 7.91. The normalized spacial score (nSPS) is 30.6. The van der Waals surface area contributed by atoms with Gasteiger partial charge in [-0.1, -0.05) is 24.3 Å². The van der Waals surface area contributed by atoms with Crippen molar-refractivity contribution in [2.24, 2.45) is 11.8 Å². The molecule has 4 heterocycles. The first-order valence-electron chi connectivity index (χ1n) is 11.9. The van der Waals surface area contributed by atoms with E-state index in [1.165, 1.54) is 4.90 Å². The summed E-state index contributed by atoms with van der Waals surface area (Å²) in [6, 6.07) is 5.87. The Labute approximate surface area is 196 Å². The first-order valence-corrected chi connectivity index (χ1v) is 11.9. The highest BCUT2D eigenvalue weighted by molar-refractivity contribution is 5.99. The van der Waals surface area contributed by atoms with Gasteiger partial charge in [0, 0.05) is 6.54 Å². The maximum Gasteiger partial charge on any atom is 0.247 e. The van der Waals surface area contributed by atoms with E-state index in [1.807, 2.05) is 31.2 Å². The van der Waals surface area contributed by atoms with Crippen molar-refractivity contribution >= 4 is 28.8 Å². The minimum atomic E-state index is -1.09. The summed E-state index contributed by atoms with van der Waals surface area (Å²) in [4.78, 5) is 41.6. The summed E-state index contributed by atoms with van der Waals surface area (Å²) in [5, 5.41) is 23.8. The largest absolute Gasteiger partial charge is 0.394 e. The number of hydrogen-bond donors (Lipinski definition) is 3. The molecule has 182 valence electrons. The molecule has 3 saturated heterocycles. The molecule has 1 aromatic carbocycles. The maximum absolute atomic E-state index is 13.6. The van der Waals surface area contributed by atoms with Gasteiger partial charge < -0.3 is 25.4 Å². The molecular formula is C23H30N6O5. The van der Waals surface area contributed by atoms with Gasteiger partial charge in [0.25, 0.3) is 0 Å². The number of fused-ring (bicyclic) bond motifs is 2. The van der Waals surface area contributed by atoms with Crippen molar-refractivity contribution in [2.45, 2.75) is 63.6 Å². The highest BCUT2D eigenvalue weighted by Gasteiger charge is 2.74. The highest BCUT2D eigenvalue weighted by Crippen LogP contribution is 2.58. The third-order valence-corrected chi connectivity index (χ3v) is 7.40. The fourth-order valence-electron chi connectivity index (χ4n) is 5.90. The van der Waals surface area contributed by atoms with Crippen molar-refractivity contribution in [3.05, 3.63) is 24.3 Å². The smallest absolute Gasteiger partial charge is 0.247 e. The lowest BCUT2D eigenvalue weighted by atomic mass is 9.70. The van der Waals surface area contributed by atoms with Gasteiger partial charge in [0.2, 0.25) is 17.7 Å². The van der Waals surface area contributed by atoms with Gasteiger partial charge in [-0.25, -0.2) is 4.68 Å². The molecule has 5 rings (SSSR count). The van der Waals surface area contributed by atoms with Crippen molar-refractivity contribution in [1.29, 1.82) is 0 Å². The van der Waals surface area contributed by atoms with E-state index in [0.29, 0.717) is 24.9 Å². The molecule has 1 aromatic heterocycles. The van der Waals surface area contributed by atoms with E-state index < -0.39 is 41.5 Å². The zero-order chi connectivity index (χ0) is 24.0. The van der Waals surface area contributed by atoms with Crippen LogP contribution in [0.5, 0.6) is 0 Å². The second-order valence-corrected chi connectivity index (χ2v) is 9.40. The van der Waals surface area contributed by atoms with Crippen LogP contribution in [0.3, 0.4) is 0 Å². The minimum Gasteiger partial charge on any atom is -0.394 e. The predicted octanol–water partition coefficient (Wildman–Crippen LogP) is -0.213. The second kappa shape index (κ2) is 8.62. The number of aliphatic hydroxyl groups is 1. The van der Waals surface area contributed by atoms with E-state index in [1.54, 1.807) is 11.6 Å². The van der Waals surface area contributed by atoms with Crippen molar-refractivity contribution in [1.82, 2.24) is 30.5 Å². The average Bonchev–Trinajstić information content (AvgIpc) is 3.59. The van der Waals surface area contributed by atoms with Crippen molar-refractivity contribution in [3.8, 4) is 0 Å². The summed E-state index contributed by atoms with van der Waals surface area (Å²) in [7, 11) is 0. The molecule has 0 radical (unpaired) electrons. The predicted molar refractivity (Wildman–Crippen MR) is 120 cm³/mol. The number of benzene rings is 1. The molecule has 3 N–H and O–H groups in total. The number of aromatic nitrogens is 3. The van der Waals surface area contributed by atoms with E-state index in [2.05, 4.69) is 20.9 Å². The Morgan fingerprint density at radius 1 is 1.29 bits per heavy atom. The van der Waals surface area contributed by atoms with Crippen LogP contribution in [0.25, 0.3) is 11.0 Å². The molecule has 3 amide bonds. The molecule has 34 heavy (non-hydrogen) atoms. The molecule has 2 aromatic rings. The Morgan fingerprint density at radius 2 is 2.09 bits per heavy atom. The number of nitrogens with one attached hydrogen (secondary N) is 2. The lowest BCUT2D eigenvalue weighted by Gasteiger charge is -2.35. The Bertz CT molecular complexity index is 1120. The van der Waals surface area contributed by atoms with E-state index in [-0.39, 0.29) is 25.1 Å². The number of carbonyl (C=O) groups is 3. The fraction of sp³-hybridized carbons (Fsp3) is 0.609. The lowest BCUT2D eigenvalue weighted by molar-refractivity contribution is -0.145. The Kier molecular flexibility index (Phi) is 5.76. The van der Waals surface area contributed by atoms with Gasteiger partial charge in [0.05, 0.1) is 36.1 Å². The molecule has 2 bridgehead atoms. The highest BCUT2D eigenvalue weighted by atomic mass is 16.5. The van der Waals surface area contributed by atoms with Crippen molar-refractivity contribution in [3.63, 3.8) is 0 Å². The first-order chi connectivity index (χ1) is 16.4. The molecule has 0 saturated carbocycles. The molecule has 11 heteroatoms. The molecule has 0 aliphatic carbocycles. The number of carbonyl (C=O) groups excluding carboxylic acids is 3. The van der Waals surface area contributed by atoms with Crippen LogP contribution in [0.1, 0.15) is 33.1 Å². The Balaban J connectivity index is 1.43. The van der Waals surface area contributed by atoms with E-state index in [0.717, 1.165) is 11.9 Å². The van der Waals surface area contributed by atoms with Crippen LogP contribution in [-0.2, 0) is 25.8 Å². The maximum atomic E-state index is 13.6. The third-order valence-electron chi connectivity index (χ3n) is 7.40. The number of para-hydroxylation sites is 1. The number of rotatable bonds is 8. The minimum absolute atomic E-state index is 0.0654. The summed E-state index contributed by atoms with van der Waals surface area (Å²) in [5.74, 6) is -2.31. The van der Waals surface area contributed by atoms with Crippen molar-refractivity contribution < 1.29 is 24.2 Å². The summed E-state index contributed by atoms with van der Waals surface area (Å²) in [6.45, 7) is 3.93. The molecule has 3 aliphatic rings. The summed E-state index contributed by atoms with van der Waals surface area (Å²) >= 11 is 0. The van der Waals surface area contributed by atoms with Crippen molar-refractivity contribution in [2.75, 3.05) is 13.2 Å². The quantitative estimate of drug-likeness (QED) is 0.485. The van der Waals surface area contributed by atoms with E-state index in [4.69, 9.17) is 4.74 Å². The molecule has 3 aliphatic heterocycles. The molecule has 11 nitrogen and oxygen atoms in total. The third kappa shape index (κ3) is 3.29. The van der Waals surface area contributed by atoms with E-state index >= 15 is 0 Å². The molecule has 3 fully saturated rings. The number of aliphatic hydroxyl groups excluding tert-OH is 1. The van der Waals surface area contributed by atoms with E-state index in [9.17, 15) is 19.5 Å². The molecule has 6 atom stereocenters. The number of likely N-dealkylation sites (tertiary alicyclic amines) is 1. The van der Waals surface area contributed by atoms with Crippen LogP contribution in [0.2, 0.25) is 0 Å². The lowest BCUT2D eigenvalue weighted by Crippen LogP contribution is -2.57. The molecule has 2 unspecified atom stereocenters. The number of ether oxygens (including phenoxy) is 1. The van der Waals surface area contributed by atoms with Gasteiger partial charge >= 0.3 is 0 Å². The van der Waals surface area contributed by atoms with Gasteiger partial charge in [0.15, 0.2) is 0 Å². The Hall–Kier alpha value is -3.05. The van der Waals surface area contributed by atoms with Gasteiger partial charge in [-0.15, -0.1) is 5.10 Å². The number of nitrogens with zero attached hydrogens (tertiary/aromatic N) is 4. The fourth-order valence-corrected chi connectivity index (χ4v) is 5.90. The standard InChI is InChI=1S/C23H30N6O5/c1-3-10-24-20(31)17-16-8-9-23(34-16)18(17)22(33)29(13(2)11-30)19(23)21(32)25-12-28-15-7-5-4-6-14(15)26-27-28/h4-7,13,16-19,30H,3,8-12H2,1-2H3,(H,24,31)(H,25,32)/t13-,16+,17-,18+,19?,23?/m1/s1. The van der Waals surface area contributed by atoms with Gasteiger partial charge in [-0.3, -0.25) is 14.4 Å². The summed E-state index contributed by atoms with van der Waals surface area (Å²) in [5.41, 5.74) is 0.391. The van der Waals surface area contributed by atoms with Gasteiger partial charge in [-0.05, 0) is 38.3 Å². The SMILES string of the molecule is CCCNC(=O)[C@@H]1[C@@H]2CCC3(O2)C(C(=O)NCn2nnc4ccccc42)N([C@H](C)CO)C(=O)[C@H]13. The molecule has 1 spiro atoms. The van der Waals surface area contributed by atoms with Crippen LogP contribution in [0, 0.1) is 11.8 Å². The molecular weight excluding hydrogens is 440 g/mol. The monoisotopic (exact) mass is 470 g/mol. The van der Waals surface area contributed by atoms with Crippen LogP contribution in [0.4, 0.5) is 0 Å². The van der Waals surface area contributed by atoms with Gasteiger partial charge in [-0.2, -0.15) is 0 Å². The Morgan fingerprint density at radius 3 is 2.85 bits per heavy atom. The van der Waals surface area contributed by atoms with Crippen LogP contribution >= 0.6 is 0 Å². The van der Waals surface area contributed by atoms with Crippen LogP contribution < -0.4 is 10.6 Å². The second-order valence-electron chi connectivity index (χ2n) is 9.40.